The van der Waals surface area contributed by atoms with Crippen LogP contribution < -0.4 is 11.1 Å². The fourth-order valence-electron chi connectivity index (χ4n) is 3.74. The molecular weight excluding hydrogens is 360 g/mol. The summed E-state index contributed by atoms with van der Waals surface area (Å²) in [5, 5.41) is 2.79. The molecule has 2 saturated heterocycles. The Morgan fingerprint density at radius 2 is 1.93 bits per heavy atom. The molecule has 0 saturated carbocycles. The molecular formula is C20H30N4O4. The lowest BCUT2D eigenvalue weighted by Gasteiger charge is -2.37. The van der Waals surface area contributed by atoms with Crippen molar-refractivity contribution in [1.82, 2.24) is 15.1 Å². The topological polar surface area (TPSA) is 97.1 Å². The molecule has 1 aromatic carbocycles. The first-order chi connectivity index (χ1) is 13.6. The van der Waals surface area contributed by atoms with E-state index >= 15 is 0 Å². The third kappa shape index (κ3) is 6.38. The monoisotopic (exact) mass is 390 g/mol. The van der Waals surface area contributed by atoms with E-state index in [4.69, 9.17) is 15.2 Å². The van der Waals surface area contributed by atoms with E-state index in [1.54, 1.807) is 4.90 Å². The minimum absolute atomic E-state index is 0.0382. The molecule has 0 spiro atoms. The van der Waals surface area contributed by atoms with Crippen LogP contribution in [-0.2, 0) is 16.1 Å². The number of urea groups is 1. The van der Waals surface area contributed by atoms with Crippen LogP contribution in [0.25, 0.3) is 0 Å². The zero-order chi connectivity index (χ0) is 19.8. The molecule has 0 radical (unpaired) electrons. The fourth-order valence-corrected chi connectivity index (χ4v) is 3.74. The molecule has 0 aromatic heterocycles. The van der Waals surface area contributed by atoms with Crippen LogP contribution in [-0.4, -0.2) is 73.9 Å². The van der Waals surface area contributed by atoms with E-state index in [0.29, 0.717) is 19.1 Å². The van der Waals surface area contributed by atoms with Crippen molar-refractivity contribution < 1.29 is 19.1 Å². The summed E-state index contributed by atoms with van der Waals surface area (Å²) in [4.78, 5) is 27.2. The van der Waals surface area contributed by atoms with Crippen molar-refractivity contribution in [3.8, 4) is 0 Å². The van der Waals surface area contributed by atoms with E-state index < -0.39 is 6.09 Å². The summed E-state index contributed by atoms with van der Waals surface area (Å²) in [6.45, 7) is 5.50. The van der Waals surface area contributed by atoms with Gasteiger partial charge in [0.25, 0.3) is 0 Å². The smallest absolute Gasteiger partial charge is 0.407 e. The van der Waals surface area contributed by atoms with Gasteiger partial charge in [-0.3, -0.25) is 4.90 Å². The number of primary amides is 1. The molecule has 0 aliphatic carbocycles. The highest BCUT2D eigenvalue weighted by Crippen LogP contribution is 2.19. The zero-order valence-corrected chi connectivity index (χ0v) is 16.2. The Bertz CT molecular complexity index is 634. The van der Waals surface area contributed by atoms with Gasteiger partial charge in [-0.25, -0.2) is 9.59 Å². The number of nitrogens with zero attached hydrogens (tertiary/aromatic N) is 2. The molecule has 2 aliphatic rings. The number of ether oxygens (including phenoxy) is 2. The Kier molecular flexibility index (Phi) is 7.50. The van der Waals surface area contributed by atoms with Crippen molar-refractivity contribution in [3.05, 3.63) is 35.9 Å². The molecule has 1 unspecified atom stereocenters. The third-order valence-corrected chi connectivity index (χ3v) is 5.35. The fraction of sp³-hybridized carbons (Fsp3) is 0.600. The van der Waals surface area contributed by atoms with E-state index in [2.05, 4.69) is 10.2 Å². The lowest BCUT2D eigenvalue weighted by molar-refractivity contribution is -0.0335. The number of carbonyl (C=O) groups excluding carboxylic acids is 2. The van der Waals surface area contributed by atoms with Gasteiger partial charge in [-0.05, 0) is 24.3 Å². The average molecular weight is 390 g/mol. The van der Waals surface area contributed by atoms with Crippen LogP contribution in [0.1, 0.15) is 18.4 Å². The molecule has 2 heterocycles. The zero-order valence-electron chi connectivity index (χ0n) is 16.2. The van der Waals surface area contributed by atoms with Crippen molar-refractivity contribution in [2.45, 2.75) is 25.6 Å². The van der Waals surface area contributed by atoms with Gasteiger partial charge in [-0.15, -0.1) is 0 Å². The lowest BCUT2D eigenvalue weighted by atomic mass is 9.96. The van der Waals surface area contributed by atoms with Crippen LogP contribution in [0, 0.1) is 5.92 Å². The Morgan fingerprint density at radius 1 is 1.18 bits per heavy atom. The first-order valence-corrected chi connectivity index (χ1v) is 9.93. The second-order valence-corrected chi connectivity index (χ2v) is 7.46. The highest BCUT2D eigenvalue weighted by Gasteiger charge is 2.26. The number of morpholine rings is 1. The van der Waals surface area contributed by atoms with Crippen LogP contribution in [0.4, 0.5) is 9.59 Å². The number of rotatable bonds is 6. The van der Waals surface area contributed by atoms with Crippen molar-refractivity contribution in [1.29, 1.82) is 0 Å². The Morgan fingerprint density at radius 3 is 2.64 bits per heavy atom. The van der Waals surface area contributed by atoms with Gasteiger partial charge >= 0.3 is 12.1 Å². The maximum Gasteiger partial charge on any atom is 0.407 e. The standard InChI is InChI=1S/C20H30N4O4/c21-19(25)24-8-6-16(7-9-24)13-23-10-11-27-18(14-23)12-22-20(26)28-15-17-4-2-1-3-5-17/h1-5,16,18H,6-15H2,(H2,21,25)(H,22,26). The minimum atomic E-state index is -0.427. The van der Waals surface area contributed by atoms with Gasteiger partial charge in [-0.2, -0.15) is 0 Å². The molecule has 28 heavy (non-hydrogen) atoms. The van der Waals surface area contributed by atoms with Crippen molar-refractivity contribution in [2.75, 3.05) is 45.9 Å². The molecule has 3 amide bonds. The Hall–Kier alpha value is -2.32. The molecule has 8 nitrogen and oxygen atoms in total. The van der Waals surface area contributed by atoms with Gasteiger partial charge < -0.3 is 25.4 Å². The number of piperidine rings is 1. The number of hydrogen-bond donors (Lipinski definition) is 2. The van der Waals surface area contributed by atoms with E-state index in [-0.39, 0.29) is 18.7 Å². The van der Waals surface area contributed by atoms with E-state index in [1.165, 1.54) is 0 Å². The lowest BCUT2D eigenvalue weighted by Crippen LogP contribution is -2.50. The predicted molar refractivity (Wildman–Crippen MR) is 105 cm³/mol. The maximum absolute atomic E-state index is 11.9. The normalized spacial score (nSPS) is 21.3. The quantitative estimate of drug-likeness (QED) is 0.765. The number of alkyl carbamates (subject to hydrolysis) is 1. The number of hydrogen-bond acceptors (Lipinski definition) is 5. The second-order valence-electron chi connectivity index (χ2n) is 7.46. The molecule has 0 bridgehead atoms. The molecule has 3 N–H and O–H groups in total. The summed E-state index contributed by atoms with van der Waals surface area (Å²) in [5.74, 6) is 0.568. The Labute approximate surface area is 165 Å². The molecule has 154 valence electrons. The average Bonchev–Trinajstić information content (AvgIpc) is 2.72. The van der Waals surface area contributed by atoms with E-state index in [1.807, 2.05) is 30.3 Å². The molecule has 2 aliphatic heterocycles. The summed E-state index contributed by atoms with van der Waals surface area (Å²) < 4.78 is 11.0. The summed E-state index contributed by atoms with van der Waals surface area (Å²) in [6, 6.07) is 9.27. The summed E-state index contributed by atoms with van der Waals surface area (Å²) in [6.07, 6.45) is 1.50. The van der Waals surface area contributed by atoms with Gasteiger partial charge in [0.2, 0.25) is 0 Å². The van der Waals surface area contributed by atoms with Gasteiger partial charge in [0, 0.05) is 39.3 Å². The molecule has 2 fully saturated rings. The van der Waals surface area contributed by atoms with Crippen LogP contribution in [0.2, 0.25) is 0 Å². The molecule has 1 atom stereocenters. The number of likely N-dealkylation sites (tertiary alicyclic amines) is 1. The Balaban J connectivity index is 1.33. The highest BCUT2D eigenvalue weighted by atomic mass is 16.5. The number of nitrogens with one attached hydrogen (secondary N) is 1. The van der Waals surface area contributed by atoms with Crippen LogP contribution in [0.3, 0.4) is 0 Å². The largest absolute Gasteiger partial charge is 0.445 e. The number of amides is 3. The summed E-state index contributed by atoms with van der Waals surface area (Å²) in [7, 11) is 0. The minimum Gasteiger partial charge on any atom is -0.445 e. The van der Waals surface area contributed by atoms with Gasteiger partial charge in [0.15, 0.2) is 0 Å². The first-order valence-electron chi connectivity index (χ1n) is 9.93. The van der Waals surface area contributed by atoms with Crippen molar-refractivity contribution in [3.63, 3.8) is 0 Å². The number of nitrogens with two attached hydrogens (primary N) is 1. The number of benzene rings is 1. The molecule has 3 rings (SSSR count). The maximum atomic E-state index is 11.9. The van der Waals surface area contributed by atoms with E-state index in [9.17, 15) is 9.59 Å². The number of carbonyl (C=O) groups is 2. The molecule has 8 heteroatoms. The van der Waals surface area contributed by atoms with Gasteiger partial charge in [-0.1, -0.05) is 30.3 Å². The van der Waals surface area contributed by atoms with E-state index in [0.717, 1.165) is 51.1 Å². The summed E-state index contributed by atoms with van der Waals surface area (Å²) in [5.41, 5.74) is 6.30. The predicted octanol–water partition coefficient (Wildman–Crippen LogP) is 1.40. The van der Waals surface area contributed by atoms with Gasteiger partial charge in [0.1, 0.15) is 6.61 Å². The van der Waals surface area contributed by atoms with Crippen molar-refractivity contribution in [2.24, 2.45) is 11.7 Å². The van der Waals surface area contributed by atoms with Crippen molar-refractivity contribution >= 4 is 12.1 Å². The first kappa shape index (κ1) is 20.4. The second kappa shape index (κ2) is 10.3. The van der Waals surface area contributed by atoms with Gasteiger partial charge in [0.05, 0.1) is 12.7 Å². The van der Waals surface area contributed by atoms with Crippen LogP contribution in [0.5, 0.6) is 0 Å². The summed E-state index contributed by atoms with van der Waals surface area (Å²) >= 11 is 0. The highest BCUT2D eigenvalue weighted by molar-refractivity contribution is 5.72. The molecule has 1 aromatic rings. The van der Waals surface area contributed by atoms with Crippen LogP contribution >= 0.6 is 0 Å². The third-order valence-electron chi connectivity index (χ3n) is 5.35. The SMILES string of the molecule is NC(=O)N1CCC(CN2CCOC(CNC(=O)OCc3ccccc3)C2)CC1. The van der Waals surface area contributed by atoms with Crippen LogP contribution in [0.15, 0.2) is 30.3 Å².